The topological polar surface area (TPSA) is 78.4 Å². The van der Waals surface area contributed by atoms with Crippen molar-refractivity contribution in [3.8, 4) is 0 Å². The quantitative estimate of drug-likeness (QED) is 0.400. The van der Waals surface area contributed by atoms with Crippen LogP contribution in [0, 0.1) is 6.92 Å². The molecule has 4 aliphatic rings. The molecule has 2 N–H and O–H groups in total. The zero-order chi connectivity index (χ0) is 28.4. The summed E-state index contributed by atoms with van der Waals surface area (Å²) in [5.41, 5.74) is 5.88. The number of anilines is 4. The Labute approximate surface area is 243 Å². The standard InChI is InChI=1S/C33H43N7O/c1-21-17-23(9-10-24(21)22-11-15-39(5)16-12-22)36-31-35-19-25-26-20-41-32(2,3)18-27(26)40(30(25)38-31)29-8-6-7-28(37-29)33(34-4)13-14-33/h6-10,17,19,22,26-27,34H,11-16,18,20H2,1-5H3,(H,35,36,38)/t26?,27-/m1/s1. The molecule has 7 rings (SSSR count). The van der Waals surface area contributed by atoms with Crippen LogP contribution in [0.4, 0.5) is 23.3 Å². The molecule has 2 atom stereocenters. The largest absolute Gasteiger partial charge is 0.375 e. The number of nitrogens with one attached hydrogen (secondary N) is 2. The molecule has 1 aliphatic carbocycles. The second-order valence-electron chi connectivity index (χ2n) is 13.3. The highest BCUT2D eigenvalue weighted by molar-refractivity contribution is 5.69. The fourth-order valence-electron chi connectivity index (χ4n) is 7.28. The maximum absolute atomic E-state index is 6.30. The van der Waals surface area contributed by atoms with Crippen LogP contribution in [-0.4, -0.2) is 65.3 Å². The molecule has 0 amide bonds. The van der Waals surface area contributed by atoms with E-state index in [1.165, 1.54) is 37.1 Å². The first-order chi connectivity index (χ1) is 19.7. The molecule has 3 aromatic rings. The Morgan fingerprint density at radius 3 is 2.56 bits per heavy atom. The van der Waals surface area contributed by atoms with Gasteiger partial charge in [0.05, 0.1) is 23.4 Å². The second kappa shape index (κ2) is 10.0. The van der Waals surface area contributed by atoms with Gasteiger partial charge in [-0.15, -0.1) is 0 Å². The number of benzene rings is 1. The zero-order valence-corrected chi connectivity index (χ0v) is 25.1. The van der Waals surface area contributed by atoms with Crippen molar-refractivity contribution in [3.05, 3.63) is 65.0 Å². The maximum Gasteiger partial charge on any atom is 0.229 e. The molecule has 0 spiro atoms. The third-order valence-corrected chi connectivity index (χ3v) is 9.96. The number of nitrogens with zero attached hydrogens (tertiary/aromatic N) is 5. The van der Waals surface area contributed by atoms with E-state index in [9.17, 15) is 0 Å². The predicted molar refractivity (Wildman–Crippen MR) is 163 cm³/mol. The average molecular weight is 554 g/mol. The number of likely N-dealkylation sites (tertiary alicyclic amines) is 1. The zero-order valence-electron chi connectivity index (χ0n) is 25.1. The molecule has 1 unspecified atom stereocenters. The van der Waals surface area contributed by atoms with E-state index >= 15 is 0 Å². The lowest BCUT2D eigenvalue weighted by atomic mass is 9.85. The molecule has 1 saturated carbocycles. The van der Waals surface area contributed by atoms with Gasteiger partial charge < -0.3 is 25.2 Å². The summed E-state index contributed by atoms with van der Waals surface area (Å²) in [6.45, 7) is 9.60. The van der Waals surface area contributed by atoms with E-state index in [0.29, 0.717) is 18.5 Å². The van der Waals surface area contributed by atoms with E-state index in [2.05, 4.69) is 84.7 Å². The molecular weight excluding hydrogens is 510 g/mol. The van der Waals surface area contributed by atoms with E-state index < -0.39 is 0 Å². The number of fused-ring (bicyclic) bond motifs is 3. The number of aryl methyl sites for hydroxylation is 1. The van der Waals surface area contributed by atoms with Crippen LogP contribution in [0.1, 0.15) is 80.2 Å². The summed E-state index contributed by atoms with van der Waals surface area (Å²) < 4.78 is 6.30. The SMILES string of the molecule is CNC1(c2cccc(N3c4nc(Nc5ccc(C6CCN(C)CC6)c(C)c5)ncc4C4COC(C)(C)C[C@H]43)n2)CC1. The summed E-state index contributed by atoms with van der Waals surface area (Å²) in [5, 5.41) is 7.02. The number of ether oxygens (including phenoxy) is 1. The Kier molecular flexibility index (Phi) is 6.56. The average Bonchev–Trinajstić information content (AvgIpc) is 3.70. The first-order valence-corrected chi connectivity index (χ1v) is 15.3. The van der Waals surface area contributed by atoms with Gasteiger partial charge in [0, 0.05) is 29.4 Å². The summed E-state index contributed by atoms with van der Waals surface area (Å²) in [6, 6.07) is 13.4. The lowest BCUT2D eigenvalue weighted by molar-refractivity contribution is -0.0658. The number of aromatic nitrogens is 3. The molecule has 8 nitrogen and oxygen atoms in total. The van der Waals surface area contributed by atoms with Gasteiger partial charge >= 0.3 is 0 Å². The van der Waals surface area contributed by atoms with Gasteiger partial charge in [0.15, 0.2) is 0 Å². The van der Waals surface area contributed by atoms with Crippen molar-refractivity contribution >= 4 is 23.3 Å². The van der Waals surface area contributed by atoms with Crippen molar-refractivity contribution in [1.29, 1.82) is 0 Å². The van der Waals surface area contributed by atoms with E-state index in [0.717, 1.165) is 47.8 Å². The van der Waals surface area contributed by atoms with Crippen molar-refractivity contribution in [1.82, 2.24) is 25.2 Å². The molecule has 216 valence electrons. The predicted octanol–water partition coefficient (Wildman–Crippen LogP) is 5.74. The van der Waals surface area contributed by atoms with Crippen molar-refractivity contribution in [2.45, 2.75) is 81.9 Å². The fourth-order valence-corrected chi connectivity index (χ4v) is 7.28. The van der Waals surface area contributed by atoms with Gasteiger partial charge in [-0.05, 0) is 121 Å². The van der Waals surface area contributed by atoms with Gasteiger partial charge in [-0.2, -0.15) is 4.98 Å². The highest BCUT2D eigenvalue weighted by Gasteiger charge is 2.49. The van der Waals surface area contributed by atoms with Crippen molar-refractivity contribution in [2.75, 3.05) is 44.0 Å². The lowest BCUT2D eigenvalue weighted by Crippen LogP contribution is -2.45. The number of hydrogen-bond acceptors (Lipinski definition) is 8. The molecule has 41 heavy (non-hydrogen) atoms. The van der Waals surface area contributed by atoms with Gasteiger partial charge in [0.25, 0.3) is 0 Å². The van der Waals surface area contributed by atoms with Gasteiger partial charge in [-0.3, -0.25) is 0 Å². The van der Waals surface area contributed by atoms with Crippen LogP contribution < -0.4 is 15.5 Å². The third kappa shape index (κ3) is 4.90. The van der Waals surface area contributed by atoms with Crippen LogP contribution in [-0.2, 0) is 10.3 Å². The van der Waals surface area contributed by atoms with Crippen molar-refractivity contribution in [3.63, 3.8) is 0 Å². The Balaban J connectivity index is 1.20. The summed E-state index contributed by atoms with van der Waals surface area (Å²) in [7, 11) is 4.26. The van der Waals surface area contributed by atoms with Crippen molar-refractivity contribution in [2.24, 2.45) is 0 Å². The Hall–Kier alpha value is -3.07. The number of piperidine rings is 1. The fraction of sp³-hybridized carbons (Fsp3) is 0.545. The molecule has 1 aromatic carbocycles. The van der Waals surface area contributed by atoms with Crippen LogP contribution in [0.3, 0.4) is 0 Å². The highest BCUT2D eigenvalue weighted by atomic mass is 16.5. The van der Waals surface area contributed by atoms with Gasteiger partial charge in [-0.1, -0.05) is 12.1 Å². The van der Waals surface area contributed by atoms with E-state index in [4.69, 9.17) is 19.7 Å². The first-order valence-electron chi connectivity index (χ1n) is 15.3. The van der Waals surface area contributed by atoms with Crippen LogP contribution >= 0.6 is 0 Å². The Morgan fingerprint density at radius 2 is 1.83 bits per heavy atom. The Morgan fingerprint density at radius 1 is 1.02 bits per heavy atom. The molecule has 3 fully saturated rings. The number of pyridine rings is 1. The van der Waals surface area contributed by atoms with E-state index in [-0.39, 0.29) is 23.1 Å². The molecule has 8 heteroatoms. The van der Waals surface area contributed by atoms with Crippen LogP contribution in [0.2, 0.25) is 0 Å². The highest BCUT2D eigenvalue weighted by Crippen LogP contribution is 2.50. The third-order valence-electron chi connectivity index (χ3n) is 9.96. The minimum absolute atomic E-state index is 0.00285. The molecule has 0 bridgehead atoms. The smallest absolute Gasteiger partial charge is 0.229 e. The van der Waals surface area contributed by atoms with Crippen LogP contribution in [0.5, 0.6) is 0 Å². The van der Waals surface area contributed by atoms with E-state index in [1.54, 1.807) is 0 Å². The number of hydrogen-bond donors (Lipinski definition) is 2. The van der Waals surface area contributed by atoms with Crippen molar-refractivity contribution < 1.29 is 4.74 Å². The summed E-state index contributed by atoms with van der Waals surface area (Å²) in [6.07, 6.45) is 7.59. The van der Waals surface area contributed by atoms with Gasteiger partial charge in [0.1, 0.15) is 11.6 Å². The molecule has 2 aromatic heterocycles. The minimum atomic E-state index is -0.205. The summed E-state index contributed by atoms with van der Waals surface area (Å²) in [5.74, 6) is 3.37. The molecule has 3 aliphatic heterocycles. The normalized spacial score (nSPS) is 25.0. The Bertz CT molecular complexity index is 1440. The van der Waals surface area contributed by atoms with E-state index in [1.807, 2.05) is 13.2 Å². The van der Waals surface area contributed by atoms with Crippen LogP contribution in [0.15, 0.2) is 42.6 Å². The minimum Gasteiger partial charge on any atom is -0.375 e. The van der Waals surface area contributed by atoms with Gasteiger partial charge in [0.2, 0.25) is 5.95 Å². The molecule has 0 radical (unpaired) electrons. The second-order valence-corrected chi connectivity index (χ2v) is 13.3. The van der Waals surface area contributed by atoms with Gasteiger partial charge in [-0.25, -0.2) is 9.97 Å². The molecular formula is C33H43N7O. The first kappa shape index (κ1) is 26.8. The van der Waals surface area contributed by atoms with Crippen LogP contribution in [0.25, 0.3) is 0 Å². The number of rotatable bonds is 6. The monoisotopic (exact) mass is 553 g/mol. The molecule has 2 saturated heterocycles. The summed E-state index contributed by atoms with van der Waals surface area (Å²) >= 11 is 0. The lowest BCUT2D eigenvalue weighted by Gasteiger charge is -2.41. The molecule has 5 heterocycles. The maximum atomic E-state index is 6.30. The summed E-state index contributed by atoms with van der Waals surface area (Å²) in [4.78, 5) is 19.9.